The van der Waals surface area contributed by atoms with Gasteiger partial charge in [-0.15, -0.1) is 0 Å². The molecule has 0 aliphatic heterocycles. The van der Waals surface area contributed by atoms with Crippen molar-refractivity contribution in [3.05, 3.63) is 0 Å². The third kappa shape index (κ3) is 6.05. The van der Waals surface area contributed by atoms with Crippen LogP contribution in [0.2, 0.25) is 0 Å². The van der Waals surface area contributed by atoms with Gasteiger partial charge in [0.05, 0.1) is 0 Å². The van der Waals surface area contributed by atoms with Crippen molar-refractivity contribution >= 4 is 0 Å². The van der Waals surface area contributed by atoms with Crippen LogP contribution in [-0.2, 0) is 0 Å². The van der Waals surface area contributed by atoms with E-state index in [4.69, 9.17) is 5.73 Å². The van der Waals surface area contributed by atoms with Crippen molar-refractivity contribution in [2.24, 2.45) is 5.73 Å². The van der Waals surface area contributed by atoms with Crippen LogP contribution in [0.5, 0.6) is 0 Å². The molecule has 0 spiro atoms. The van der Waals surface area contributed by atoms with Gasteiger partial charge in [-0.3, -0.25) is 0 Å². The van der Waals surface area contributed by atoms with Gasteiger partial charge in [-0.05, 0) is 20.3 Å². The SMILES string of the molecule is CCCC(C)NCC(C)N. The molecule has 0 fully saturated rings. The fraction of sp³-hybridized carbons (Fsp3) is 1.00. The first kappa shape index (κ1) is 9.92. The molecule has 2 nitrogen and oxygen atoms in total. The molecule has 62 valence electrons. The molecular formula is C8H20N2. The second-order valence-corrected chi connectivity index (χ2v) is 3.08. The van der Waals surface area contributed by atoms with E-state index in [9.17, 15) is 0 Å². The molecule has 3 N–H and O–H groups in total. The monoisotopic (exact) mass is 144 g/mol. The lowest BCUT2D eigenvalue weighted by atomic mass is 10.2. The molecule has 0 aliphatic carbocycles. The molecule has 0 heterocycles. The highest BCUT2D eigenvalue weighted by Gasteiger charge is 1.99. The average molecular weight is 144 g/mol. The minimum Gasteiger partial charge on any atom is -0.327 e. The van der Waals surface area contributed by atoms with Crippen LogP contribution in [-0.4, -0.2) is 18.6 Å². The summed E-state index contributed by atoms with van der Waals surface area (Å²) < 4.78 is 0. The molecule has 2 heteroatoms. The standard InChI is InChI=1S/C8H20N2/c1-4-5-8(3)10-6-7(2)9/h7-8,10H,4-6,9H2,1-3H3. The first-order chi connectivity index (χ1) is 4.66. The van der Waals surface area contributed by atoms with Gasteiger partial charge in [0.1, 0.15) is 0 Å². The summed E-state index contributed by atoms with van der Waals surface area (Å²) in [4.78, 5) is 0. The van der Waals surface area contributed by atoms with Crippen LogP contribution in [0.15, 0.2) is 0 Å². The van der Waals surface area contributed by atoms with Crippen LogP contribution >= 0.6 is 0 Å². The van der Waals surface area contributed by atoms with Gasteiger partial charge in [-0.2, -0.15) is 0 Å². The topological polar surface area (TPSA) is 38.0 Å². The summed E-state index contributed by atoms with van der Waals surface area (Å²) in [5.41, 5.74) is 5.57. The molecule has 0 saturated heterocycles. The van der Waals surface area contributed by atoms with E-state index < -0.39 is 0 Å². The van der Waals surface area contributed by atoms with Crippen molar-refractivity contribution in [2.75, 3.05) is 6.54 Å². The first-order valence-electron chi connectivity index (χ1n) is 4.15. The van der Waals surface area contributed by atoms with E-state index in [1.165, 1.54) is 12.8 Å². The molecule has 2 unspecified atom stereocenters. The lowest BCUT2D eigenvalue weighted by Crippen LogP contribution is -2.36. The van der Waals surface area contributed by atoms with E-state index in [1.54, 1.807) is 0 Å². The zero-order valence-corrected chi connectivity index (χ0v) is 7.35. The van der Waals surface area contributed by atoms with Gasteiger partial charge in [-0.25, -0.2) is 0 Å². The molecule has 0 saturated carbocycles. The van der Waals surface area contributed by atoms with E-state index in [-0.39, 0.29) is 6.04 Å². The quantitative estimate of drug-likeness (QED) is 0.606. The summed E-state index contributed by atoms with van der Waals surface area (Å²) in [7, 11) is 0. The van der Waals surface area contributed by atoms with Gasteiger partial charge in [0, 0.05) is 18.6 Å². The molecule has 0 aromatic carbocycles. The molecule has 0 aromatic heterocycles. The summed E-state index contributed by atoms with van der Waals surface area (Å²) in [5.74, 6) is 0. The van der Waals surface area contributed by atoms with E-state index in [2.05, 4.69) is 19.2 Å². The second kappa shape index (κ2) is 5.69. The Kier molecular flexibility index (Phi) is 5.64. The number of nitrogens with one attached hydrogen (secondary N) is 1. The van der Waals surface area contributed by atoms with Gasteiger partial charge in [-0.1, -0.05) is 13.3 Å². The van der Waals surface area contributed by atoms with Crippen LogP contribution in [0.4, 0.5) is 0 Å². The summed E-state index contributed by atoms with van der Waals surface area (Å²) >= 11 is 0. The zero-order valence-electron chi connectivity index (χ0n) is 7.35. The molecule has 10 heavy (non-hydrogen) atoms. The van der Waals surface area contributed by atoms with Gasteiger partial charge >= 0.3 is 0 Å². The van der Waals surface area contributed by atoms with Crippen LogP contribution in [0.3, 0.4) is 0 Å². The number of hydrogen-bond acceptors (Lipinski definition) is 2. The normalized spacial score (nSPS) is 16.8. The van der Waals surface area contributed by atoms with Crippen molar-refractivity contribution < 1.29 is 0 Å². The highest BCUT2D eigenvalue weighted by molar-refractivity contribution is 4.63. The Bertz CT molecular complexity index is 71.7. The average Bonchev–Trinajstić information content (AvgIpc) is 1.85. The fourth-order valence-electron chi connectivity index (χ4n) is 0.922. The molecule has 0 radical (unpaired) electrons. The molecule has 2 atom stereocenters. The predicted octanol–water partition coefficient (Wildman–Crippen LogP) is 1.11. The van der Waals surface area contributed by atoms with Crippen LogP contribution in [0, 0.1) is 0 Å². The largest absolute Gasteiger partial charge is 0.327 e. The van der Waals surface area contributed by atoms with Gasteiger partial charge in [0.25, 0.3) is 0 Å². The molecule has 0 bridgehead atoms. The van der Waals surface area contributed by atoms with Crippen LogP contribution in [0.25, 0.3) is 0 Å². The minimum absolute atomic E-state index is 0.277. The van der Waals surface area contributed by atoms with Crippen molar-refractivity contribution in [3.8, 4) is 0 Å². The molecule has 0 rings (SSSR count). The highest BCUT2D eigenvalue weighted by atomic mass is 14.9. The zero-order chi connectivity index (χ0) is 7.98. The Hall–Kier alpha value is -0.0800. The third-order valence-electron chi connectivity index (χ3n) is 1.51. The van der Waals surface area contributed by atoms with E-state index in [1.807, 2.05) is 6.92 Å². The molecule has 0 aliphatic rings. The Balaban J connectivity index is 3.12. The van der Waals surface area contributed by atoms with Crippen molar-refractivity contribution in [1.29, 1.82) is 0 Å². The molecule has 0 aromatic rings. The van der Waals surface area contributed by atoms with Crippen LogP contribution in [0.1, 0.15) is 33.6 Å². The number of hydrogen-bond donors (Lipinski definition) is 2. The van der Waals surface area contributed by atoms with E-state index in [0.717, 1.165) is 6.54 Å². The molecule has 0 amide bonds. The maximum atomic E-state index is 5.57. The minimum atomic E-state index is 0.277. The smallest absolute Gasteiger partial charge is 0.0136 e. The fourth-order valence-corrected chi connectivity index (χ4v) is 0.922. The number of nitrogens with two attached hydrogens (primary N) is 1. The van der Waals surface area contributed by atoms with Crippen molar-refractivity contribution in [3.63, 3.8) is 0 Å². The second-order valence-electron chi connectivity index (χ2n) is 3.08. The van der Waals surface area contributed by atoms with E-state index in [0.29, 0.717) is 6.04 Å². The highest BCUT2D eigenvalue weighted by Crippen LogP contribution is 1.93. The van der Waals surface area contributed by atoms with E-state index >= 15 is 0 Å². The van der Waals surface area contributed by atoms with Crippen molar-refractivity contribution in [2.45, 2.75) is 45.7 Å². The van der Waals surface area contributed by atoms with Crippen molar-refractivity contribution in [1.82, 2.24) is 5.32 Å². The third-order valence-corrected chi connectivity index (χ3v) is 1.51. The van der Waals surface area contributed by atoms with Gasteiger partial charge in [0.2, 0.25) is 0 Å². The predicted molar refractivity (Wildman–Crippen MR) is 46.0 cm³/mol. The summed E-state index contributed by atoms with van der Waals surface area (Å²) in [6.45, 7) is 7.35. The first-order valence-corrected chi connectivity index (χ1v) is 4.15. The Morgan fingerprint density at radius 1 is 1.40 bits per heavy atom. The summed E-state index contributed by atoms with van der Waals surface area (Å²) in [5, 5.41) is 3.36. The Morgan fingerprint density at radius 3 is 2.40 bits per heavy atom. The summed E-state index contributed by atoms with van der Waals surface area (Å²) in [6.07, 6.45) is 2.49. The Labute approximate surface area is 64.2 Å². The lowest BCUT2D eigenvalue weighted by molar-refractivity contribution is 0.487. The number of rotatable bonds is 5. The molecular weight excluding hydrogens is 124 g/mol. The van der Waals surface area contributed by atoms with Crippen LogP contribution < -0.4 is 11.1 Å². The van der Waals surface area contributed by atoms with Gasteiger partial charge < -0.3 is 11.1 Å². The Morgan fingerprint density at radius 2 is 2.00 bits per heavy atom. The van der Waals surface area contributed by atoms with Gasteiger partial charge in [0.15, 0.2) is 0 Å². The maximum Gasteiger partial charge on any atom is 0.0136 e. The lowest BCUT2D eigenvalue weighted by Gasteiger charge is -2.13. The maximum absolute atomic E-state index is 5.57. The summed E-state index contributed by atoms with van der Waals surface area (Å²) in [6, 6.07) is 0.898.